The van der Waals surface area contributed by atoms with Crippen LogP contribution < -0.4 is 0 Å². The van der Waals surface area contributed by atoms with Crippen LogP contribution in [0.3, 0.4) is 0 Å². The van der Waals surface area contributed by atoms with Crippen molar-refractivity contribution in [3.05, 3.63) is 12.2 Å². The summed E-state index contributed by atoms with van der Waals surface area (Å²) in [6.07, 6.45) is 5.95. The largest absolute Gasteiger partial charge is 0.306 e. The van der Waals surface area contributed by atoms with Crippen molar-refractivity contribution in [3.8, 4) is 0 Å². The Kier molecular flexibility index (Phi) is 12.1. The smallest absolute Gasteiger partial charge is 0.0157 e. The molecular formula is C12H26NPPd. The molecule has 0 atom stereocenters. The maximum atomic E-state index is 2.37. The van der Waals surface area contributed by atoms with E-state index in [0.29, 0.717) is 0 Å². The third kappa shape index (κ3) is 9.71. The van der Waals surface area contributed by atoms with Gasteiger partial charge in [-0.15, -0.1) is 0 Å². The van der Waals surface area contributed by atoms with E-state index in [1.54, 1.807) is 0 Å². The monoisotopic (exact) mass is 321 g/mol. The molecule has 0 aromatic carbocycles. The van der Waals surface area contributed by atoms with E-state index in [2.05, 4.69) is 58.8 Å². The zero-order valence-corrected chi connectivity index (χ0v) is 13.4. The third-order valence-electron chi connectivity index (χ3n) is 2.28. The van der Waals surface area contributed by atoms with Crippen LogP contribution in [0, 0.1) is 0 Å². The van der Waals surface area contributed by atoms with E-state index in [0.717, 1.165) is 17.9 Å². The Balaban J connectivity index is 0. The molecule has 0 aromatic heterocycles. The first-order valence-electron chi connectivity index (χ1n) is 5.50. The Bertz CT molecular complexity index is 159. The second-order valence-corrected chi connectivity index (χ2v) is 8.08. The standard InChI is InChI=1S/C12H26NP.Pd/c1-11(2)14(12(3)4)10-8-7-9-13(5)6;/h7-8,11-12H,9-10H2,1-6H3;. The zero-order valence-electron chi connectivity index (χ0n) is 10.9. The van der Waals surface area contributed by atoms with Crippen LogP contribution >= 0.6 is 7.92 Å². The van der Waals surface area contributed by atoms with E-state index in [1.165, 1.54) is 6.16 Å². The van der Waals surface area contributed by atoms with E-state index < -0.39 is 0 Å². The van der Waals surface area contributed by atoms with Crippen LogP contribution in [0.25, 0.3) is 0 Å². The normalized spacial score (nSPS) is 12.1. The Morgan fingerprint density at radius 3 is 1.80 bits per heavy atom. The van der Waals surface area contributed by atoms with Crippen molar-refractivity contribution < 1.29 is 20.4 Å². The van der Waals surface area contributed by atoms with Crippen molar-refractivity contribution >= 4 is 7.92 Å². The second kappa shape index (κ2) is 9.98. The fraction of sp³-hybridized carbons (Fsp3) is 0.833. The summed E-state index contributed by atoms with van der Waals surface area (Å²) in [5, 5.41) is 0. The molecule has 0 unspecified atom stereocenters. The molecule has 0 aliphatic rings. The number of likely N-dealkylation sites (N-methyl/N-ethyl adjacent to an activating group) is 1. The first-order chi connectivity index (χ1) is 6.45. The molecule has 0 radical (unpaired) electrons. The van der Waals surface area contributed by atoms with Gasteiger partial charge in [0.05, 0.1) is 0 Å². The van der Waals surface area contributed by atoms with Crippen LogP contribution in [0.4, 0.5) is 0 Å². The van der Waals surface area contributed by atoms with E-state index in [1.807, 2.05) is 0 Å². The van der Waals surface area contributed by atoms with Gasteiger partial charge in [0, 0.05) is 27.0 Å². The molecule has 0 heterocycles. The molecule has 0 rings (SSSR count). The minimum Gasteiger partial charge on any atom is -0.306 e. The number of nitrogens with zero attached hydrogens (tertiary/aromatic N) is 1. The fourth-order valence-electron chi connectivity index (χ4n) is 1.50. The topological polar surface area (TPSA) is 3.24 Å². The summed E-state index contributed by atoms with van der Waals surface area (Å²) in [6.45, 7) is 10.5. The molecule has 0 aliphatic carbocycles. The second-order valence-electron chi connectivity index (χ2n) is 4.62. The summed E-state index contributed by atoms with van der Waals surface area (Å²) < 4.78 is 0. The number of hydrogen-bond acceptors (Lipinski definition) is 1. The average Bonchev–Trinajstić information content (AvgIpc) is 2.01. The molecule has 15 heavy (non-hydrogen) atoms. The van der Waals surface area contributed by atoms with Gasteiger partial charge in [-0.25, -0.2) is 0 Å². The zero-order chi connectivity index (χ0) is 11.1. The van der Waals surface area contributed by atoms with Gasteiger partial charge in [-0.1, -0.05) is 47.8 Å². The van der Waals surface area contributed by atoms with E-state index in [4.69, 9.17) is 0 Å². The van der Waals surface area contributed by atoms with Crippen LogP contribution in [0.1, 0.15) is 27.7 Å². The minimum atomic E-state index is 0. The molecule has 0 saturated heterocycles. The van der Waals surface area contributed by atoms with Crippen LogP contribution in [0.15, 0.2) is 12.2 Å². The molecule has 0 N–H and O–H groups in total. The summed E-state index contributed by atoms with van der Waals surface area (Å²) in [6, 6.07) is 0. The quantitative estimate of drug-likeness (QED) is 0.412. The number of rotatable bonds is 6. The van der Waals surface area contributed by atoms with Gasteiger partial charge in [0.1, 0.15) is 0 Å². The van der Waals surface area contributed by atoms with Gasteiger partial charge in [-0.3, -0.25) is 0 Å². The molecular weight excluding hydrogens is 296 g/mol. The molecule has 0 amide bonds. The molecule has 3 heteroatoms. The summed E-state index contributed by atoms with van der Waals surface area (Å²) >= 11 is 0. The first-order valence-corrected chi connectivity index (χ1v) is 7.17. The molecule has 0 fully saturated rings. The van der Waals surface area contributed by atoms with E-state index >= 15 is 0 Å². The maximum absolute atomic E-state index is 2.37. The van der Waals surface area contributed by atoms with Crippen LogP contribution in [-0.4, -0.2) is 43.0 Å². The molecule has 0 spiro atoms. The van der Waals surface area contributed by atoms with Gasteiger partial charge in [-0.05, 0) is 31.6 Å². The van der Waals surface area contributed by atoms with E-state index in [9.17, 15) is 0 Å². The third-order valence-corrected chi connectivity index (χ3v) is 5.57. The van der Waals surface area contributed by atoms with Crippen LogP contribution in [0.2, 0.25) is 0 Å². The Morgan fingerprint density at radius 1 is 1.00 bits per heavy atom. The molecule has 0 bridgehead atoms. The van der Waals surface area contributed by atoms with Gasteiger partial charge in [0.15, 0.2) is 0 Å². The van der Waals surface area contributed by atoms with Gasteiger partial charge < -0.3 is 4.90 Å². The van der Waals surface area contributed by atoms with Crippen molar-refractivity contribution in [1.82, 2.24) is 4.90 Å². The van der Waals surface area contributed by atoms with Crippen molar-refractivity contribution in [2.24, 2.45) is 0 Å². The predicted octanol–water partition coefficient (Wildman–Crippen LogP) is 3.40. The van der Waals surface area contributed by atoms with Crippen molar-refractivity contribution in [2.75, 3.05) is 26.8 Å². The summed E-state index contributed by atoms with van der Waals surface area (Å²) in [5.41, 5.74) is 1.71. The van der Waals surface area contributed by atoms with Crippen LogP contribution in [0.5, 0.6) is 0 Å². The van der Waals surface area contributed by atoms with Crippen molar-refractivity contribution in [2.45, 2.75) is 39.0 Å². The van der Waals surface area contributed by atoms with Gasteiger partial charge in [-0.2, -0.15) is 0 Å². The van der Waals surface area contributed by atoms with Gasteiger partial charge in [0.25, 0.3) is 0 Å². The molecule has 94 valence electrons. The Morgan fingerprint density at radius 2 is 1.47 bits per heavy atom. The summed E-state index contributed by atoms with van der Waals surface area (Å²) in [4.78, 5) is 2.20. The average molecular weight is 322 g/mol. The fourth-order valence-corrected chi connectivity index (χ4v) is 3.93. The Labute approximate surface area is 111 Å². The molecule has 1 nitrogen and oxygen atoms in total. The van der Waals surface area contributed by atoms with Gasteiger partial charge >= 0.3 is 0 Å². The van der Waals surface area contributed by atoms with Crippen molar-refractivity contribution in [1.29, 1.82) is 0 Å². The van der Waals surface area contributed by atoms with Crippen LogP contribution in [-0.2, 0) is 20.4 Å². The van der Waals surface area contributed by atoms with Crippen molar-refractivity contribution in [3.63, 3.8) is 0 Å². The summed E-state index contributed by atoms with van der Waals surface area (Å²) in [5.74, 6) is 0. The van der Waals surface area contributed by atoms with Gasteiger partial charge in [0.2, 0.25) is 0 Å². The van der Waals surface area contributed by atoms with E-state index in [-0.39, 0.29) is 28.3 Å². The number of allylic oxidation sites excluding steroid dienone is 1. The minimum absolute atomic E-state index is 0. The Hall–Kier alpha value is 0.792. The molecule has 0 aliphatic heterocycles. The maximum Gasteiger partial charge on any atom is 0.0157 e. The predicted molar refractivity (Wildman–Crippen MR) is 69.8 cm³/mol. The number of hydrogen-bond donors (Lipinski definition) is 0. The molecule has 0 aromatic rings. The summed E-state index contributed by atoms with van der Waals surface area (Å²) in [7, 11) is 4.40. The molecule has 0 saturated carbocycles. The SMILES string of the molecule is CC(C)P(CC=CCN(C)C)C(C)C.[Pd]. The first kappa shape index (κ1) is 18.2.